The summed E-state index contributed by atoms with van der Waals surface area (Å²) in [6.45, 7) is 3.06. The maximum Gasteiger partial charge on any atom is 0.403 e. The van der Waals surface area contributed by atoms with Gasteiger partial charge in [-0.25, -0.2) is 13.2 Å². The number of ether oxygens (including phenoxy) is 1. The number of alkyl halides is 6. The number of carbonyl (C=O) groups is 7. The molecule has 2 aliphatic heterocycles. The predicted molar refractivity (Wildman–Crippen MR) is 199 cm³/mol. The van der Waals surface area contributed by atoms with Crippen LogP contribution in [0.1, 0.15) is 97.3 Å². The predicted octanol–water partition coefficient (Wildman–Crippen LogP) is 3.36. The van der Waals surface area contributed by atoms with Crippen molar-refractivity contribution in [2.75, 3.05) is 41.3 Å². The van der Waals surface area contributed by atoms with Crippen LogP contribution in [0.3, 0.4) is 0 Å². The van der Waals surface area contributed by atoms with E-state index in [2.05, 4.69) is 10.6 Å². The van der Waals surface area contributed by atoms with Gasteiger partial charge in [0.1, 0.15) is 36.4 Å². The molecule has 59 heavy (non-hydrogen) atoms. The third-order valence-electron chi connectivity index (χ3n) is 12.0. The minimum absolute atomic E-state index is 0.120. The standard InChI is InChI=1S/C39H58F6N6O8/c1-22(2)16-25-33(55)50(5)28(18-29(52)59-6)34(56)48(3)15-11-9-7-8-10-12-26(31(53)46-25)49(4)35(57)30(23-13-14-23)47-32(54)27-17-24(40)19-51(27)36(58)37(39(43,44)45)20-38(41,42)21-37/h22-28,30H,7-21H2,1-6H3,(H,46,53)(H,47,54)/t24-,25+,26+,27+,28+,30+/m1/s1. The van der Waals surface area contributed by atoms with Gasteiger partial charge in [0, 0.05) is 47.0 Å². The van der Waals surface area contributed by atoms with Crippen LogP contribution >= 0.6 is 0 Å². The van der Waals surface area contributed by atoms with Crippen molar-refractivity contribution >= 4 is 41.4 Å². The Bertz CT molecular complexity index is 1590. The Morgan fingerprint density at radius 3 is 2.14 bits per heavy atom. The van der Waals surface area contributed by atoms with Crippen LogP contribution in [0.25, 0.3) is 0 Å². The number of nitrogens with zero attached hydrogens (tertiary/aromatic N) is 4. The van der Waals surface area contributed by atoms with Crippen molar-refractivity contribution in [2.45, 2.75) is 146 Å². The Kier molecular flexibility index (Phi) is 15.4. The Morgan fingerprint density at radius 1 is 0.966 bits per heavy atom. The van der Waals surface area contributed by atoms with Crippen LogP contribution in [0.5, 0.6) is 0 Å². The van der Waals surface area contributed by atoms with E-state index in [0.717, 1.165) is 16.9 Å². The number of nitrogens with one attached hydrogen (secondary N) is 2. The SMILES string of the molecule is COC(=O)C[C@H]1C(=O)N(C)CCCCCCC[C@H](N(C)C(=O)[C@@H](NC(=O)[C@@H]2C[C@@H](F)CN2C(=O)C2(C(F)(F)F)CC(F)(F)C2)C2CC2)C(=O)N[C@@H](CC(C)C)C(=O)N1C. The summed E-state index contributed by atoms with van der Waals surface area (Å²) in [7, 11) is 5.43. The van der Waals surface area contributed by atoms with E-state index in [4.69, 9.17) is 4.74 Å². The van der Waals surface area contributed by atoms with E-state index in [1.807, 2.05) is 13.8 Å². The summed E-state index contributed by atoms with van der Waals surface area (Å²) >= 11 is 0. The maximum atomic E-state index is 14.8. The Hall–Kier alpha value is -4.13. The first kappa shape index (κ1) is 47.5. The van der Waals surface area contributed by atoms with Crippen LogP contribution < -0.4 is 10.6 Å². The van der Waals surface area contributed by atoms with Crippen molar-refractivity contribution in [3.05, 3.63) is 0 Å². The van der Waals surface area contributed by atoms with E-state index in [1.165, 1.54) is 19.0 Å². The summed E-state index contributed by atoms with van der Waals surface area (Å²) in [5, 5.41) is 5.26. The van der Waals surface area contributed by atoms with E-state index in [9.17, 15) is 59.9 Å². The van der Waals surface area contributed by atoms with Crippen molar-refractivity contribution in [1.29, 1.82) is 0 Å². The quantitative estimate of drug-likeness (QED) is 0.250. The molecular weight excluding hydrogens is 794 g/mol. The molecule has 4 rings (SSSR count). The average molecular weight is 853 g/mol. The molecule has 2 saturated heterocycles. The molecule has 0 unspecified atom stereocenters. The number of methoxy groups -OCH3 is 1. The van der Waals surface area contributed by atoms with Crippen LogP contribution in [0.15, 0.2) is 0 Å². The third-order valence-corrected chi connectivity index (χ3v) is 12.0. The summed E-state index contributed by atoms with van der Waals surface area (Å²) in [4.78, 5) is 99.6. The zero-order chi connectivity index (χ0) is 44.2. The van der Waals surface area contributed by atoms with Crippen molar-refractivity contribution in [2.24, 2.45) is 17.3 Å². The number of esters is 1. The van der Waals surface area contributed by atoms with Gasteiger partial charge < -0.3 is 35.0 Å². The normalized spacial score (nSPS) is 27.8. The number of rotatable bonds is 10. The van der Waals surface area contributed by atoms with Gasteiger partial charge in [-0.2, -0.15) is 13.2 Å². The number of likely N-dealkylation sites (tertiary alicyclic amines) is 1. The highest BCUT2D eigenvalue weighted by Crippen LogP contribution is 2.61. The van der Waals surface area contributed by atoms with Gasteiger partial charge in [0.15, 0.2) is 5.41 Å². The molecule has 0 aromatic heterocycles. The zero-order valence-electron chi connectivity index (χ0n) is 34.5. The minimum Gasteiger partial charge on any atom is -0.469 e. The lowest BCUT2D eigenvalue weighted by atomic mass is 9.64. The second-order valence-electron chi connectivity index (χ2n) is 17.1. The van der Waals surface area contributed by atoms with E-state index in [-0.39, 0.29) is 18.8 Å². The Labute approximate surface area is 340 Å². The lowest BCUT2D eigenvalue weighted by Crippen LogP contribution is -2.65. The highest BCUT2D eigenvalue weighted by atomic mass is 19.4. The summed E-state index contributed by atoms with van der Waals surface area (Å²) in [6, 6.07) is -6.77. The first-order valence-corrected chi connectivity index (χ1v) is 20.3. The fourth-order valence-electron chi connectivity index (χ4n) is 8.34. The molecule has 2 heterocycles. The Morgan fingerprint density at radius 2 is 1.58 bits per heavy atom. The summed E-state index contributed by atoms with van der Waals surface area (Å²) in [6.07, 6.45) is -7.84. The van der Waals surface area contributed by atoms with Crippen molar-refractivity contribution in [1.82, 2.24) is 30.2 Å². The van der Waals surface area contributed by atoms with Crippen LogP contribution in [0.4, 0.5) is 26.3 Å². The fraction of sp³-hybridized carbons (Fsp3) is 0.821. The van der Waals surface area contributed by atoms with Crippen molar-refractivity contribution < 1.29 is 64.6 Å². The third kappa shape index (κ3) is 11.2. The molecule has 14 nitrogen and oxygen atoms in total. The number of hydrogen-bond donors (Lipinski definition) is 2. The lowest BCUT2D eigenvalue weighted by Gasteiger charge is -2.48. The summed E-state index contributed by atoms with van der Waals surface area (Å²) in [5.41, 5.74) is -3.49. The Balaban J connectivity index is 1.59. The van der Waals surface area contributed by atoms with Gasteiger partial charge >= 0.3 is 12.1 Å². The second kappa shape index (κ2) is 19.1. The van der Waals surface area contributed by atoms with E-state index in [0.29, 0.717) is 56.4 Å². The first-order chi connectivity index (χ1) is 27.4. The van der Waals surface area contributed by atoms with Gasteiger partial charge in [-0.3, -0.25) is 33.6 Å². The van der Waals surface area contributed by atoms with Crippen LogP contribution in [-0.4, -0.2) is 151 Å². The molecule has 2 saturated carbocycles. The van der Waals surface area contributed by atoms with Gasteiger partial charge in [-0.15, -0.1) is 0 Å². The molecule has 6 amide bonds. The van der Waals surface area contributed by atoms with Crippen molar-refractivity contribution in [3.63, 3.8) is 0 Å². The molecule has 6 atom stereocenters. The lowest BCUT2D eigenvalue weighted by molar-refractivity contribution is -0.299. The highest BCUT2D eigenvalue weighted by Gasteiger charge is 2.75. The van der Waals surface area contributed by atoms with Gasteiger partial charge in [-0.05, 0) is 43.9 Å². The maximum absolute atomic E-state index is 14.8. The number of carbonyl (C=O) groups excluding carboxylic acids is 7. The van der Waals surface area contributed by atoms with Crippen LogP contribution in [0.2, 0.25) is 0 Å². The van der Waals surface area contributed by atoms with Crippen LogP contribution in [-0.2, 0) is 38.3 Å². The van der Waals surface area contributed by atoms with Gasteiger partial charge in [-0.1, -0.05) is 39.5 Å². The van der Waals surface area contributed by atoms with Gasteiger partial charge in [0.25, 0.3) is 5.92 Å². The molecule has 0 radical (unpaired) electrons. The largest absolute Gasteiger partial charge is 0.469 e. The average Bonchev–Trinajstić information content (AvgIpc) is 3.92. The van der Waals surface area contributed by atoms with Crippen molar-refractivity contribution in [3.8, 4) is 0 Å². The molecule has 0 bridgehead atoms. The number of hydrogen-bond acceptors (Lipinski definition) is 8. The molecule has 334 valence electrons. The molecule has 20 heteroatoms. The van der Waals surface area contributed by atoms with Gasteiger partial charge in [0.05, 0.1) is 20.1 Å². The molecule has 0 spiro atoms. The fourth-order valence-corrected chi connectivity index (χ4v) is 8.34. The van der Waals surface area contributed by atoms with E-state index in [1.54, 1.807) is 7.05 Å². The number of halogens is 6. The molecule has 2 aliphatic carbocycles. The first-order valence-electron chi connectivity index (χ1n) is 20.3. The smallest absolute Gasteiger partial charge is 0.403 e. The molecule has 2 N–H and O–H groups in total. The second-order valence-corrected chi connectivity index (χ2v) is 17.1. The summed E-state index contributed by atoms with van der Waals surface area (Å²) < 4.78 is 89.5. The van der Waals surface area contributed by atoms with Gasteiger partial charge in [0.2, 0.25) is 35.4 Å². The zero-order valence-corrected chi connectivity index (χ0v) is 34.5. The van der Waals surface area contributed by atoms with E-state index >= 15 is 0 Å². The highest BCUT2D eigenvalue weighted by molar-refractivity contribution is 5.98. The molecule has 0 aromatic carbocycles. The molecular formula is C39H58F6N6O8. The number of likely N-dealkylation sites (N-methyl/N-ethyl adjacent to an activating group) is 3. The minimum atomic E-state index is -5.39. The summed E-state index contributed by atoms with van der Waals surface area (Å²) in [5.74, 6) is -10.7. The molecule has 4 aliphatic rings. The topological polar surface area (TPSA) is 166 Å². The number of amides is 6. The molecule has 0 aromatic rings. The van der Waals surface area contributed by atoms with E-state index < -0.39 is 133 Å². The molecule has 4 fully saturated rings. The monoisotopic (exact) mass is 852 g/mol. The van der Waals surface area contributed by atoms with Crippen LogP contribution in [0, 0.1) is 17.3 Å².